The van der Waals surface area contributed by atoms with Gasteiger partial charge in [0.05, 0.1) is 13.1 Å². The number of hydrogen-bond donors (Lipinski definition) is 2. The number of rotatable bonds is 8. The molecule has 1 aromatic carbocycles. The summed E-state index contributed by atoms with van der Waals surface area (Å²) in [5.74, 6) is 2.25. The van der Waals surface area contributed by atoms with Crippen LogP contribution in [0.2, 0.25) is 0 Å². The number of benzene rings is 1. The van der Waals surface area contributed by atoms with Crippen LogP contribution in [0.25, 0.3) is 5.82 Å². The van der Waals surface area contributed by atoms with Crippen LogP contribution in [-0.4, -0.2) is 39.7 Å². The molecule has 0 spiro atoms. The van der Waals surface area contributed by atoms with Crippen molar-refractivity contribution < 1.29 is 9.13 Å². The Balaban J connectivity index is 1.56. The molecule has 2 N–H and O–H groups in total. The Morgan fingerprint density at radius 2 is 2.03 bits per heavy atom. The Morgan fingerprint density at radius 1 is 1.20 bits per heavy atom. The number of nitrogens with zero attached hydrogens (tertiary/aromatic N) is 4. The summed E-state index contributed by atoms with van der Waals surface area (Å²) in [6, 6.07) is 10.3. The highest BCUT2D eigenvalue weighted by atomic mass is 19.1. The average Bonchev–Trinajstić information content (AvgIpc) is 3.18. The van der Waals surface area contributed by atoms with E-state index < -0.39 is 0 Å². The summed E-state index contributed by atoms with van der Waals surface area (Å²) in [4.78, 5) is 13.3. The van der Waals surface area contributed by atoms with Gasteiger partial charge in [-0.2, -0.15) is 0 Å². The zero-order chi connectivity index (χ0) is 21.3. The minimum absolute atomic E-state index is 0.231. The Labute approximate surface area is 176 Å². The third-order valence-electron chi connectivity index (χ3n) is 4.37. The first kappa shape index (κ1) is 21.3. The highest BCUT2D eigenvalue weighted by Gasteiger charge is 2.09. The van der Waals surface area contributed by atoms with Crippen LogP contribution in [0.15, 0.2) is 60.0 Å². The number of nitrogens with one attached hydrogen (secondary N) is 2. The van der Waals surface area contributed by atoms with E-state index in [1.54, 1.807) is 24.4 Å². The standard InChI is InChI=1S/C22H27FN6O/c1-4-24-22(27-13-16(2)30-20-8-6-5-7-19(20)23)28-15-18-9-10-21(26-14-18)29-12-11-25-17(29)3/h5-12,14,16H,4,13,15H2,1-3H3,(H2,24,27,28). The van der Waals surface area contributed by atoms with Gasteiger partial charge in [0, 0.05) is 25.1 Å². The average molecular weight is 410 g/mol. The molecule has 0 saturated carbocycles. The molecule has 3 aromatic rings. The summed E-state index contributed by atoms with van der Waals surface area (Å²) in [5, 5.41) is 6.43. The number of para-hydroxylation sites is 1. The second-order valence-electron chi connectivity index (χ2n) is 6.80. The van der Waals surface area contributed by atoms with Crippen LogP contribution < -0.4 is 15.4 Å². The summed E-state index contributed by atoms with van der Waals surface area (Å²) in [5.41, 5.74) is 0.990. The number of ether oxygens (including phenoxy) is 1. The smallest absolute Gasteiger partial charge is 0.191 e. The van der Waals surface area contributed by atoms with Gasteiger partial charge < -0.3 is 15.4 Å². The number of halogens is 1. The fourth-order valence-corrected chi connectivity index (χ4v) is 2.82. The first-order chi connectivity index (χ1) is 14.6. The lowest BCUT2D eigenvalue weighted by atomic mass is 10.3. The number of hydrogen-bond acceptors (Lipinski definition) is 4. The molecule has 0 radical (unpaired) electrons. The Morgan fingerprint density at radius 3 is 2.70 bits per heavy atom. The molecule has 30 heavy (non-hydrogen) atoms. The molecule has 0 aliphatic rings. The van der Waals surface area contributed by atoms with Crippen LogP contribution in [0.5, 0.6) is 5.75 Å². The molecule has 1 unspecified atom stereocenters. The van der Waals surface area contributed by atoms with Gasteiger partial charge in [0.15, 0.2) is 17.5 Å². The van der Waals surface area contributed by atoms with E-state index in [0.29, 0.717) is 19.0 Å². The van der Waals surface area contributed by atoms with Gasteiger partial charge in [-0.25, -0.2) is 19.4 Å². The van der Waals surface area contributed by atoms with Crippen molar-refractivity contribution in [1.82, 2.24) is 25.2 Å². The SMILES string of the molecule is CCNC(=NCc1ccc(-n2ccnc2C)nc1)NCC(C)Oc1ccccc1F. The maximum atomic E-state index is 13.7. The molecule has 0 bridgehead atoms. The number of aromatic nitrogens is 3. The van der Waals surface area contributed by atoms with E-state index >= 15 is 0 Å². The normalized spacial score (nSPS) is 12.5. The highest BCUT2D eigenvalue weighted by molar-refractivity contribution is 5.79. The van der Waals surface area contributed by atoms with Crippen molar-refractivity contribution in [2.45, 2.75) is 33.4 Å². The molecule has 0 saturated heterocycles. The van der Waals surface area contributed by atoms with Crippen molar-refractivity contribution in [3.8, 4) is 11.6 Å². The predicted octanol–water partition coefficient (Wildman–Crippen LogP) is 3.24. The molecule has 2 aromatic heterocycles. The third kappa shape index (κ3) is 5.79. The largest absolute Gasteiger partial charge is 0.486 e. The molecule has 158 valence electrons. The van der Waals surface area contributed by atoms with Gasteiger partial charge in [0.1, 0.15) is 17.7 Å². The van der Waals surface area contributed by atoms with E-state index in [2.05, 4.69) is 25.6 Å². The van der Waals surface area contributed by atoms with E-state index in [4.69, 9.17) is 4.74 Å². The van der Waals surface area contributed by atoms with E-state index in [0.717, 1.165) is 23.8 Å². The molecule has 0 amide bonds. The Bertz CT molecular complexity index is 970. The summed E-state index contributed by atoms with van der Waals surface area (Å²) >= 11 is 0. The zero-order valence-electron chi connectivity index (χ0n) is 17.5. The molecule has 0 aliphatic heterocycles. The van der Waals surface area contributed by atoms with Crippen molar-refractivity contribution in [3.63, 3.8) is 0 Å². The number of aliphatic imine (C=N–C) groups is 1. The lowest BCUT2D eigenvalue weighted by molar-refractivity contribution is 0.214. The van der Waals surface area contributed by atoms with Crippen LogP contribution in [0.3, 0.4) is 0 Å². The summed E-state index contributed by atoms with van der Waals surface area (Å²) in [6.07, 6.45) is 5.21. The van der Waals surface area contributed by atoms with Gasteiger partial charge in [-0.15, -0.1) is 0 Å². The Hall–Kier alpha value is -3.42. The number of aryl methyl sites for hydroxylation is 1. The number of pyridine rings is 1. The van der Waals surface area contributed by atoms with Crippen LogP contribution in [0.4, 0.5) is 4.39 Å². The van der Waals surface area contributed by atoms with Gasteiger partial charge in [0.25, 0.3) is 0 Å². The topological polar surface area (TPSA) is 76.4 Å². The first-order valence-electron chi connectivity index (χ1n) is 9.95. The first-order valence-corrected chi connectivity index (χ1v) is 9.95. The Kier molecular flexibility index (Phi) is 7.37. The summed E-state index contributed by atoms with van der Waals surface area (Å²) < 4.78 is 21.3. The predicted molar refractivity (Wildman–Crippen MR) is 115 cm³/mol. The molecule has 1 atom stereocenters. The van der Waals surface area contributed by atoms with Gasteiger partial charge in [-0.3, -0.25) is 4.57 Å². The lowest BCUT2D eigenvalue weighted by Crippen LogP contribution is -2.41. The lowest BCUT2D eigenvalue weighted by Gasteiger charge is -2.18. The zero-order valence-corrected chi connectivity index (χ0v) is 17.5. The quantitative estimate of drug-likeness (QED) is 0.440. The van der Waals surface area contributed by atoms with Crippen molar-refractivity contribution in [1.29, 1.82) is 0 Å². The molecule has 2 heterocycles. The van der Waals surface area contributed by atoms with Crippen LogP contribution in [0.1, 0.15) is 25.2 Å². The molecular formula is C22H27FN6O. The van der Waals surface area contributed by atoms with Crippen LogP contribution in [0, 0.1) is 12.7 Å². The van der Waals surface area contributed by atoms with Crippen molar-refractivity contribution in [2.75, 3.05) is 13.1 Å². The maximum Gasteiger partial charge on any atom is 0.191 e. The molecule has 8 heteroatoms. The third-order valence-corrected chi connectivity index (χ3v) is 4.37. The summed E-state index contributed by atoms with van der Waals surface area (Å²) in [6.45, 7) is 7.51. The number of imidazole rings is 1. The molecule has 0 aliphatic carbocycles. The molecular weight excluding hydrogens is 383 g/mol. The monoisotopic (exact) mass is 410 g/mol. The highest BCUT2D eigenvalue weighted by Crippen LogP contribution is 2.16. The van der Waals surface area contributed by atoms with E-state index in [9.17, 15) is 4.39 Å². The second kappa shape index (κ2) is 10.4. The maximum absolute atomic E-state index is 13.7. The molecule has 7 nitrogen and oxygen atoms in total. The second-order valence-corrected chi connectivity index (χ2v) is 6.80. The minimum Gasteiger partial charge on any atom is -0.486 e. The van der Waals surface area contributed by atoms with E-state index in [1.807, 2.05) is 49.9 Å². The van der Waals surface area contributed by atoms with Gasteiger partial charge >= 0.3 is 0 Å². The number of guanidine groups is 1. The van der Waals surface area contributed by atoms with E-state index in [-0.39, 0.29) is 17.7 Å². The van der Waals surface area contributed by atoms with Crippen molar-refractivity contribution in [2.24, 2.45) is 4.99 Å². The fraction of sp³-hybridized carbons (Fsp3) is 0.318. The van der Waals surface area contributed by atoms with Crippen molar-refractivity contribution >= 4 is 5.96 Å². The van der Waals surface area contributed by atoms with Gasteiger partial charge in [-0.1, -0.05) is 18.2 Å². The van der Waals surface area contributed by atoms with Gasteiger partial charge in [-0.05, 0) is 44.5 Å². The minimum atomic E-state index is -0.369. The molecule has 3 rings (SSSR count). The van der Waals surface area contributed by atoms with E-state index in [1.165, 1.54) is 6.07 Å². The van der Waals surface area contributed by atoms with Crippen LogP contribution >= 0.6 is 0 Å². The summed E-state index contributed by atoms with van der Waals surface area (Å²) in [7, 11) is 0. The van der Waals surface area contributed by atoms with Crippen molar-refractivity contribution in [3.05, 3.63) is 72.2 Å². The van der Waals surface area contributed by atoms with Gasteiger partial charge in [0.2, 0.25) is 0 Å². The molecule has 0 fully saturated rings. The van der Waals surface area contributed by atoms with Crippen LogP contribution in [-0.2, 0) is 6.54 Å². The fourth-order valence-electron chi connectivity index (χ4n) is 2.82.